The number of carbonyl (C=O) groups is 5. The van der Waals surface area contributed by atoms with Crippen LogP contribution in [0.1, 0.15) is 66.2 Å². The summed E-state index contributed by atoms with van der Waals surface area (Å²) < 4.78 is 12.1. The number of hydrogen-bond donors (Lipinski definition) is 7. The van der Waals surface area contributed by atoms with Crippen molar-refractivity contribution in [3.05, 3.63) is 70.8 Å². The molecule has 18 heteroatoms. The number of benzene rings is 2. The van der Waals surface area contributed by atoms with Crippen LogP contribution in [0.2, 0.25) is 0 Å². The van der Waals surface area contributed by atoms with Gasteiger partial charge in [-0.2, -0.15) is 5.26 Å². The highest BCUT2D eigenvalue weighted by atomic mass is 16.5. The summed E-state index contributed by atoms with van der Waals surface area (Å²) in [6, 6.07) is 6.99. The van der Waals surface area contributed by atoms with Crippen molar-refractivity contribution in [2.75, 3.05) is 46.4 Å². The van der Waals surface area contributed by atoms with Crippen molar-refractivity contribution in [1.29, 1.82) is 5.26 Å². The number of fused-ring (bicyclic) bond motifs is 5. The van der Waals surface area contributed by atoms with Crippen LogP contribution in [0.5, 0.6) is 11.5 Å². The molecule has 2 heterocycles. The molecule has 0 fully saturated rings. The zero-order valence-corrected chi connectivity index (χ0v) is 34.5. The summed E-state index contributed by atoms with van der Waals surface area (Å²) in [6.07, 6.45) is 1.34. The summed E-state index contributed by atoms with van der Waals surface area (Å²) >= 11 is 0. The number of nitrogens with zero attached hydrogens (tertiary/aromatic N) is 4. The lowest BCUT2D eigenvalue weighted by Gasteiger charge is -2.32. The predicted molar refractivity (Wildman–Crippen MR) is 222 cm³/mol. The summed E-state index contributed by atoms with van der Waals surface area (Å²) in [6.45, 7) is 7.28. The van der Waals surface area contributed by atoms with Gasteiger partial charge in [-0.05, 0) is 68.1 Å². The molecule has 2 aromatic carbocycles. The SMILES string of the molecule is Cc1nc(C#CC(C)C)ncc1C(=O)NC(CCN)C(=O)N(C)[C@@H]1C(=O)N[C@@H](C)C(=O)N[C@H](C(=O)NCC#N)Cc2ccc(OCCN)c(c2)-c2cc1ccc2OCCN. The topological polar surface area (TPSA) is 283 Å². The number of nitrogens with two attached hydrogens (primary N) is 3. The van der Waals surface area contributed by atoms with Crippen molar-refractivity contribution in [3.8, 4) is 40.5 Å². The summed E-state index contributed by atoms with van der Waals surface area (Å²) in [5.74, 6) is 3.56. The van der Waals surface area contributed by atoms with Crippen LogP contribution in [0.3, 0.4) is 0 Å². The first-order chi connectivity index (χ1) is 28.7. The zero-order chi connectivity index (χ0) is 43.9. The Labute approximate surface area is 349 Å². The minimum Gasteiger partial charge on any atom is -0.492 e. The van der Waals surface area contributed by atoms with Crippen LogP contribution in [0.4, 0.5) is 0 Å². The number of nitrogens with one attached hydrogen (secondary N) is 4. The molecule has 0 saturated carbocycles. The van der Waals surface area contributed by atoms with Crippen LogP contribution in [0.15, 0.2) is 42.6 Å². The number of rotatable bonds is 14. The van der Waals surface area contributed by atoms with E-state index < -0.39 is 53.7 Å². The second-order valence-corrected chi connectivity index (χ2v) is 14.3. The number of amides is 5. The Bertz CT molecular complexity index is 2160. The van der Waals surface area contributed by atoms with Gasteiger partial charge in [0.25, 0.3) is 5.91 Å². The van der Waals surface area contributed by atoms with Gasteiger partial charge in [0, 0.05) is 49.8 Å². The molecule has 5 amide bonds. The lowest BCUT2D eigenvalue weighted by Crippen LogP contribution is -2.56. The van der Waals surface area contributed by atoms with Crippen molar-refractivity contribution >= 4 is 29.5 Å². The molecule has 0 radical (unpaired) electrons. The Morgan fingerprint density at radius 2 is 1.65 bits per heavy atom. The minimum atomic E-state index is -1.40. The molecule has 0 aliphatic carbocycles. The normalized spacial score (nSPS) is 16.7. The van der Waals surface area contributed by atoms with E-state index in [9.17, 15) is 24.0 Å². The van der Waals surface area contributed by atoms with Gasteiger partial charge in [0.1, 0.15) is 55.4 Å². The third kappa shape index (κ3) is 12.0. The molecular weight excluding hydrogens is 771 g/mol. The lowest BCUT2D eigenvalue weighted by molar-refractivity contribution is -0.141. The maximum Gasteiger partial charge on any atom is 0.255 e. The first-order valence-electron chi connectivity index (χ1n) is 19.5. The van der Waals surface area contributed by atoms with E-state index in [0.717, 1.165) is 0 Å². The number of likely N-dealkylation sites (N-methyl/N-ethyl adjacent to an activating group) is 1. The number of aromatic nitrogens is 2. The summed E-state index contributed by atoms with van der Waals surface area (Å²) in [4.78, 5) is 79.2. The molecule has 4 bridgehead atoms. The molecular formula is C42H53N11O7. The Morgan fingerprint density at radius 1 is 0.983 bits per heavy atom. The molecule has 318 valence electrons. The van der Waals surface area contributed by atoms with Gasteiger partial charge < -0.3 is 52.8 Å². The van der Waals surface area contributed by atoms with Crippen LogP contribution in [0.25, 0.3) is 11.1 Å². The second kappa shape index (κ2) is 22.0. The van der Waals surface area contributed by atoms with Gasteiger partial charge in [0.2, 0.25) is 29.5 Å². The lowest BCUT2D eigenvalue weighted by atomic mass is 9.93. The molecule has 1 aliphatic rings. The van der Waals surface area contributed by atoms with Crippen LogP contribution in [-0.2, 0) is 25.6 Å². The Hall–Kier alpha value is -6.60. The van der Waals surface area contributed by atoms with Gasteiger partial charge in [-0.15, -0.1) is 0 Å². The van der Waals surface area contributed by atoms with Gasteiger partial charge in [-0.3, -0.25) is 24.0 Å². The maximum absolute atomic E-state index is 14.5. The molecule has 1 unspecified atom stereocenters. The van der Waals surface area contributed by atoms with Gasteiger partial charge in [-0.25, -0.2) is 9.97 Å². The standard InChI is InChI=1S/C42H53N11O7/c1-24(2)6-11-36-48-23-31(25(3)49-36)39(55)51-32(12-13-43)42(58)53(5)37-28-8-10-35(60-19-16-46)30(22-28)29-20-27(7-9-34(29)59-18-15-45)21-33(40(56)47-17-14-44)52-38(54)26(4)50-41(37)57/h7-10,20,22-24,26,32-33,37H,12-13,15-19,21,43,45-46H2,1-5H3,(H,47,56)(H,50,57)(H,51,55)(H,52,54)/t26-,32?,33-,37-/m0/s1. The molecule has 60 heavy (non-hydrogen) atoms. The van der Waals surface area contributed by atoms with Gasteiger partial charge in [0.15, 0.2) is 0 Å². The Balaban J connectivity index is 1.85. The molecule has 18 nitrogen and oxygen atoms in total. The fourth-order valence-corrected chi connectivity index (χ4v) is 6.32. The van der Waals surface area contributed by atoms with Crippen molar-refractivity contribution in [2.24, 2.45) is 23.1 Å². The van der Waals surface area contributed by atoms with Crippen LogP contribution in [0, 0.1) is 36.0 Å². The second-order valence-electron chi connectivity index (χ2n) is 14.3. The largest absolute Gasteiger partial charge is 0.492 e. The number of nitriles is 1. The van der Waals surface area contributed by atoms with E-state index in [-0.39, 0.29) is 69.5 Å². The van der Waals surface area contributed by atoms with E-state index in [4.69, 9.17) is 31.9 Å². The third-order valence-electron chi connectivity index (χ3n) is 9.31. The molecule has 0 saturated heterocycles. The average molecular weight is 824 g/mol. The highest BCUT2D eigenvalue weighted by Crippen LogP contribution is 2.40. The Morgan fingerprint density at radius 3 is 2.27 bits per heavy atom. The minimum absolute atomic E-state index is 0.000161. The van der Waals surface area contributed by atoms with Gasteiger partial charge in [0.05, 0.1) is 17.3 Å². The van der Waals surface area contributed by atoms with E-state index in [1.807, 2.05) is 19.9 Å². The van der Waals surface area contributed by atoms with E-state index in [1.54, 1.807) is 43.3 Å². The molecule has 0 spiro atoms. The molecule has 3 aromatic rings. The smallest absolute Gasteiger partial charge is 0.255 e. The summed E-state index contributed by atoms with van der Waals surface area (Å²) in [5, 5.41) is 19.7. The van der Waals surface area contributed by atoms with Crippen molar-refractivity contribution < 1.29 is 33.4 Å². The van der Waals surface area contributed by atoms with E-state index >= 15 is 0 Å². The zero-order valence-electron chi connectivity index (χ0n) is 34.5. The maximum atomic E-state index is 14.5. The number of aryl methyl sites for hydroxylation is 1. The average Bonchev–Trinajstić information content (AvgIpc) is 3.22. The first kappa shape index (κ1) is 46.1. The first-order valence-corrected chi connectivity index (χ1v) is 19.5. The Kier molecular flexibility index (Phi) is 16.9. The number of hydrogen-bond acceptors (Lipinski definition) is 13. The van der Waals surface area contributed by atoms with Crippen LogP contribution >= 0.6 is 0 Å². The van der Waals surface area contributed by atoms with E-state index in [2.05, 4.69) is 43.1 Å². The highest BCUT2D eigenvalue weighted by molar-refractivity contribution is 5.99. The molecule has 1 aromatic heterocycles. The summed E-state index contributed by atoms with van der Waals surface area (Å²) in [7, 11) is 1.40. The molecule has 1 aliphatic heterocycles. The quantitative estimate of drug-likeness (QED) is 0.0832. The van der Waals surface area contributed by atoms with Crippen LogP contribution in [-0.4, -0.2) is 109 Å². The van der Waals surface area contributed by atoms with E-state index in [0.29, 0.717) is 39.4 Å². The summed E-state index contributed by atoms with van der Waals surface area (Å²) in [5.41, 5.74) is 19.9. The predicted octanol–water partition coefficient (Wildman–Crippen LogP) is -0.0332. The van der Waals surface area contributed by atoms with Gasteiger partial charge in [-0.1, -0.05) is 31.9 Å². The molecule has 4 rings (SSSR count). The fraction of sp³-hybridized carbons (Fsp3) is 0.429. The van der Waals surface area contributed by atoms with Crippen molar-refractivity contribution in [3.63, 3.8) is 0 Å². The van der Waals surface area contributed by atoms with Gasteiger partial charge >= 0.3 is 0 Å². The third-order valence-corrected chi connectivity index (χ3v) is 9.31. The fourth-order valence-electron chi connectivity index (χ4n) is 6.32. The van der Waals surface area contributed by atoms with Crippen molar-refractivity contribution in [1.82, 2.24) is 36.1 Å². The van der Waals surface area contributed by atoms with Crippen molar-refractivity contribution in [2.45, 2.75) is 64.7 Å². The van der Waals surface area contributed by atoms with Crippen LogP contribution < -0.4 is 47.9 Å². The molecule has 10 N–H and O–H groups in total. The number of ether oxygens (including phenoxy) is 2. The number of carbonyl (C=O) groups excluding carboxylic acids is 5. The highest BCUT2D eigenvalue weighted by Gasteiger charge is 2.36. The molecule has 4 atom stereocenters. The van der Waals surface area contributed by atoms with E-state index in [1.165, 1.54) is 25.1 Å². The monoisotopic (exact) mass is 823 g/mol.